The predicted molar refractivity (Wildman–Crippen MR) is 119 cm³/mol. The molecule has 0 N–H and O–H groups in total. The van der Waals surface area contributed by atoms with Crippen molar-refractivity contribution in [3.05, 3.63) is 90.0 Å². The highest BCUT2D eigenvalue weighted by Crippen LogP contribution is 2.23. The van der Waals surface area contributed by atoms with E-state index in [0.717, 1.165) is 22.3 Å². The van der Waals surface area contributed by atoms with Gasteiger partial charge >= 0.3 is 6.01 Å². The summed E-state index contributed by atoms with van der Waals surface area (Å²) in [5.74, 6) is 0.161. The summed E-state index contributed by atoms with van der Waals surface area (Å²) in [5.41, 5.74) is 4.55. The molecule has 156 valence electrons. The second-order valence-corrected chi connectivity index (χ2v) is 7.09. The number of aromatic nitrogens is 3. The Morgan fingerprint density at radius 2 is 1.48 bits per heavy atom. The minimum Gasteiger partial charge on any atom is -0.460 e. The molecule has 0 radical (unpaired) electrons. The van der Waals surface area contributed by atoms with Crippen molar-refractivity contribution in [2.45, 2.75) is 6.92 Å². The Morgan fingerprint density at radius 3 is 2.16 bits per heavy atom. The second kappa shape index (κ2) is 9.36. The molecule has 4 aromatic rings. The standard InChI is InChI=1S/C25H23N3O3/c1-18-8-10-21(11-9-18)23-26-25(31-17-16-30-2)27-28(23)24(29)22-14-12-20(13-15-22)19-6-4-3-5-7-19/h3-15H,16-17H2,1-2H3. The van der Waals surface area contributed by atoms with Gasteiger partial charge in [0.2, 0.25) is 0 Å². The number of nitrogens with zero attached hydrogens (tertiary/aromatic N) is 3. The molecule has 1 heterocycles. The minimum absolute atomic E-state index is 0.141. The van der Waals surface area contributed by atoms with Gasteiger partial charge in [-0.25, -0.2) is 0 Å². The van der Waals surface area contributed by atoms with E-state index in [0.29, 0.717) is 24.6 Å². The van der Waals surface area contributed by atoms with Gasteiger partial charge in [0.1, 0.15) is 6.61 Å². The largest absolute Gasteiger partial charge is 0.460 e. The summed E-state index contributed by atoms with van der Waals surface area (Å²) >= 11 is 0. The molecule has 0 fully saturated rings. The Labute approximate surface area is 181 Å². The molecule has 6 nitrogen and oxygen atoms in total. The van der Waals surface area contributed by atoms with Gasteiger partial charge in [0, 0.05) is 18.2 Å². The van der Waals surface area contributed by atoms with Gasteiger partial charge in [0.15, 0.2) is 5.82 Å². The van der Waals surface area contributed by atoms with Crippen LogP contribution in [0.15, 0.2) is 78.9 Å². The summed E-state index contributed by atoms with van der Waals surface area (Å²) in [6.07, 6.45) is 0. The van der Waals surface area contributed by atoms with Gasteiger partial charge in [0.25, 0.3) is 5.91 Å². The normalized spacial score (nSPS) is 10.8. The quantitative estimate of drug-likeness (QED) is 0.413. The molecule has 0 aliphatic heterocycles. The van der Waals surface area contributed by atoms with Crippen LogP contribution < -0.4 is 4.74 Å². The molecule has 0 spiro atoms. The Kier molecular flexibility index (Phi) is 6.19. The molecule has 0 unspecified atom stereocenters. The Balaban J connectivity index is 1.66. The molecule has 0 bridgehead atoms. The van der Waals surface area contributed by atoms with E-state index in [1.165, 1.54) is 4.68 Å². The Hall–Kier alpha value is -3.77. The van der Waals surface area contributed by atoms with Crippen LogP contribution in [0.1, 0.15) is 15.9 Å². The molecule has 6 heteroatoms. The number of rotatable bonds is 7. The molecule has 0 saturated carbocycles. The number of hydrogen-bond donors (Lipinski definition) is 0. The van der Waals surface area contributed by atoms with Crippen LogP contribution in [0.2, 0.25) is 0 Å². The minimum atomic E-state index is -0.274. The topological polar surface area (TPSA) is 66.2 Å². The zero-order valence-corrected chi connectivity index (χ0v) is 17.5. The third kappa shape index (κ3) is 4.70. The average molecular weight is 413 g/mol. The number of carbonyl (C=O) groups is 1. The van der Waals surface area contributed by atoms with Gasteiger partial charge in [-0.05, 0) is 30.2 Å². The summed E-state index contributed by atoms with van der Waals surface area (Å²) in [6.45, 7) is 2.71. The molecule has 0 aliphatic carbocycles. The van der Waals surface area contributed by atoms with E-state index in [1.807, 2.05) is 73.7 Å². The summed E-state index contributed by atoms with van der Waals surface area (Å²) in [4.78, 5) is 17.7. The lowest BCUT2D eigenvalue weighted by atomic mass is 10.0. The van der Waals surface area contributed by atoms with Crippen LogP contribution in [0.4, 0.5) is 0 Å². The highest BCUT2D eigenvalue weighted by Gasteiger charge is 2.20. The van der Waals surface area contributed by atoms with Crippen LogP contribution in [0, 0.1) is 6.92 Å². The first-order valence-corrected chi connectivity index (χ1v) is 10.0. The Morgan fingerprint density at radius 1 is 0.839 bits per heavy atom. The van der Waals surface area contributed by atoms with Crippen molar-refractivity contribution in [2.75, 3.05) is 20.3 Å². The predicted octanol–water partition coefficient (Wildman–Crippen LogP) is 4.63. The zero-order valence-electron chi connectivity index (χ0n) is 17.5. The number of methoxy groups -OCH3 is 1. The highest BCUT2D eigenvalue weighted by atomic mass is 16.5. The van der Waals surface area contributed by atoms with E-state index in [-0.39, 0.29) is 11.9 Å². The summed E-state index contributed by atoms with van der Waals surface area (Å²) in [7, 11) is 1.59. The van der Waals surface area contributed by atoms with Crippen molar-refractivity contribution < 1.29 is 14.3 Å². The van der Waals surface area contributed by atoms with Gasteiger partial charge < -0.3 is 9.47 Å². The zero-order chi connectivity index (χ0) is 21.6. The highest BCUT2D eigenvalue weighted by molar-refractivity contribution is 5.97. The molecule has 0 atom stereocenters. The third-order valence-electron chi connectivity index (χ3n) is 4.85. The van der Waals surface area contributed by atoms with Crippen molar-refractivity contribution in [1.29, 1.82) is 0 Å². The van der Waals surface area contributed by atoms with Crippen LogP contribution in [0.5, 0.6) is 6.01 Å². The fraction of sp³-hybridized carbons (Fsp3) is 0.160. The van der Waals surface area contributed by atoms with Gasteiger partial charge in [-0.3, -0.25) is 4.79 Å². The van der Waals surface area contributed by atoms with Crippen LogP contribution in [-0.2, 0) is 4.74 Å². The first kappa shape index (κ1) is 20.5. The molecule has 31 heavy (non-hydrogen) atoms. The molecule has 1 aromatic heterocycles. The second-order valence-electron chi connectivity index (χ2n) is 7.09. The van der Waals surface area contributed by atoms with Gasteiger partial charge in [0.05, 0.1) is 6.61 Å². The fourth-order valence-electron chi connectivity index (χ4n) is 3.16. The van der Waals surface area contributed by atoms with Crippen LogP contribution in [0.3, 0.4) is 0 Å². The molecule has 0 saturated heterocycles. The number of aryl methyl sites for hydroxylation is 1. The lowest BCUT2D eigenvalue weighted by Crippen LogP contribution is -2.15. The third-order valence-corrected chi connectivity index (χ3v) is 4.85. The van der Waals surface area contributed by atoms with Crippen LogP contribution in [0.25, 0.3) is 22.5 Å². The van der Waals surface area contributed by atoms with E-state index >= 15 is 0 Å². The smallest absolute Gasteiger partial charge is 0.336 e. The van der Waals surface area contributed by atoms with Gasteiger partial charge in [-0.2, -0.15) is 9.67 Å². The number of hydrogen-bond acceptors (Lipinski definition) is 5. The monoisotopic (exact) mass is 413 g/mol. The number of benzene rings is 3. The fourth-order valence-corrected chi connectivity index (χ4v) is 3.16. The maximum absolute atomic E-state index is 13.3. The average Bonchev–Trinajstić information content (AvgIpc) is 3.24. The van der Waals surface area contributed by atoms with Crippen molar-refractivity contribution in [3.8, 4) is 28.5 Å². The number of ether oxygens (including phenoxy) is 2. The van der Waals surface area contributed by atoms with Gasteiger partial charge in [-0.15, -0.1) is 5.10 Å². The van der Waals surface area contributed by atoms with Crippen molar-refractivity contribution >= 4 is 5.91 Å². The first-order chi connectivity index (χ1) is 15.2. The van der Waals surface area contributed by atoms with E-state index in [9.17, 15) is 4.79 Å². The lowest BCUT2D eigenvalue weighted by molar-refractivity contribution is 0.0943. The molecule has 4 rings (SSSR count). The van der Waals surface area contributed by atoms with Crippen LogP contribution in [-0.4, -0.2) is 41.0 Å². The maximum Gasteiger partial charge on any atom is 0.336 e. The lowest BCUT2D eigenvalue weighted by Gasteiger charge is -2.06. The molecular formula is C25H23N3O3. The summed E-state index contributed by atoms with van der Waals surface area (Å²) in [5, 5.41) is 4.32. The SMILES string of the molecule is COCCOc1nc(-c2ccc(C)cc2)n(C(=O)c2ccc(-c3ccccc3)cc2)n1. The molecule has 3 aromatic carbocycles. The molecule has 0 amide bonds. The molecule has 0 aliphatic rings. The Bertz CT molecular complexity index is 1150. The van der Waals surface area contributed by atoms with Crippen molar-refractivity contribution in [3.63, 3.8) is 0 Å². The van der Waals surface area contributed by atoms with E-state index in [2.05, 4.69) is 10.1 Å². The van der Waals surface area contributed by atoms with E-state index in [1.54, 1.807) is 19.2 Å². The first-order valence-electron chi connectivity index (χ1n) is 10.0. The molecular weight excluding hydrogens is 390 g/mol. The van der Waals surface area contributed by atoms with E-state index in [4.69, 9.17) is 9.47 Å². The van der Waals surface area contributed by atoms with Crippen LogP contribution >= 0.6 is 0 Å². The maximum atomic E-state index is 13.3. The number of carbonyl (C=O) groups excluding carboxylic acids is 1. The van der Waals surface area contributed by atoms with Gasteiger partial charge in [-0.1, -0.05) is 72.3 Å². The van der Waals surface area contributed by atoms with Crippen molar-refractivity contribution in [2.24, 2.45) is 0 Å². The van der Waals surface area contributed by atoms with E-state index < -0.39 is 0 Å². The van der Waals surface area contributed by atoms with Crippen molar-refractivity contribution in [1.82, 2.24) is 14.8 Å². The summed E-state index contributed by atoms with van der Waals surface area (Å²) < 4.78 is 11.9. The summed E-state index contributed by atoms with van der Waals surface area (Å²) in [6, 6.07) is 25.4.